The Bertz CT molecular complexity index is 1760. The molecule has 0 aromatic rings. The first-order valence-corrected chi connectivity index (χ1v) is 23.7. The van der Waals surface area contributed by atoms with E-state index in [9.17, 15) is 55.9 Å². The van der Waals surface area contributed by atoms with Crippen LogP contribution in [0.1, 0.15) is 113 Å². The second kappa shape index (κ2) is 16.9. The van der Waals surface area contributed by atoms with Crippen molar-refractivity contribution >= 4 is 5.97 Å². The summed E-state index contributed by atoms with van der Waals surface area (Å²) < 4.78 is 36.6. The quantitative estimate of drug-likeness (QED) is 0.122. The van der Waals surface area contributed by atoms with Crippen LogP contribution < -0.4 is 0 Å². The molecule has 0 unspecified atom stereocenters. The first-order valence-electron chi connectivity index (χ1n) is 23.7. The average Bonchev–Trinajstić information content (AvgIpc) is 3.23. The second-order valence-corrected chi connectivity index (χ2v) is 22.7. The molecule has 3 heterocycles. The van der Waals surface area contributed by atoms with Gasteiger partial charge in [0.25, 0.3) is 0 Å². The molecule has 7 fully saturated rings. The highest BCUT2D eigenvalue weighted by atomic mass is 16.8. The van der Waals surface area contributed by atoms with Crippen LogP contribution in [-0.2, 0) is 33.2 Å². The number of aliphatic carboxylic acids is 1. The SMILES string of the molecule is C[C@H]1O[C@@H](O[C@@H]2[C@@H](O[C@@H]3[C@H](O[C@@H]4CC[C@@]5(C)[C@H](CC[C@]6(C)[C@@H]5CC=C5[C@@H]7[C@@](C(=O)O)(CC[C@H](C)[C@@]7(C)O)CC[C@@]56C)C4(C)C)OC[C@H](O)[C@@H]3O)O[C@@H](CO)[C@H](O)[C@H]2O)[C@H](O)[C@@H](O)[C@H]1O. The topological polar surface area (TPSA) is 275 Å². The van der Waals surface area contributed by atoms with Gasteiger partial charge in [-0.05, 0) is 111 Å². The maximum Gasteiger partial charge on any atom is 0.310 e. The molecule has 3 aliphatic heterocycles. The first-order chi connectivity index (χ1) is 29.8. The van der Waals surface area contributed by atoms with Crippen molar-refractivity contribution in [1.82, 2.24) is 0 Å². The van der Waals surface area contributed by atoms with E-state index in [-0.39, 0.29) is 40.6 Å². The predicted molar refractivity (Wildman–Crippen MR) is 225 cm³/mol. The van der Waals surface area contributed by atoms with E-state index in [1.807, 2.05) is 13.8 Å². The van der Waals surface area contributed by atoms with Gasteiger partial charge in [-0.25, -0.2) is 0 Å². The zero-order valence-corrected chi connectivity index (χ0v) is 38.7. The van der Waals surface area contributed by atoms with Crippen LogP contribution in [-0.4, -0.2) is 168 Å². The number of allylic oxidation sites excluding steroid dienone is 1. The monoisotopic (exact) mass is 913 g/mol. The minimum Gasteiger partial charge on any atom is -0.481 e. The molecule has 0 spiro atoms. The summed E-state index contributed by atoms with van der Waals surface area (Å²) in [5, 5.41) is 109. The van der Waals surface area contributed by atoms with Gasteiger partial charge in [0, 0.05) is 5.92 Å². The van der Waals surface area contributed by atoms with Crippen molar-refractivity contribution in [3.8, 4) is 0 Å². The van der Waals surface area contributed by atoms with Gasteiger partial charge in [0.05, 0.1) is 36.4 Å². The number of aliphatic hydroxyl groups is 9. The molecule has 17 nitrogen and oxygen atoms in total. The van der Waals surface area contributed by atoms with Crippen molar-refractivity contribution in [3.05, 3.63) is 11.6 Å². The van der Waals surface area contributed by atoms with Gasteiger partial charge >= 0.3 is 5.97 Å². The number of carboxylic acids is 1. The zero-order valence-electron chi connectivity index (χ0n) is 38.7. The summed E-state index contributed by atoms with van der Waals surface area (Å²) in [6.07, 6.45) is -13.0. The largest absolute Gasteiger partial charge is 0.481 e. The Morgan fingerprint density at radius 2 is 1.39 bits per heavy atom. The number of hydrogen-bond acceptors (Lipinski definition) is 16. The van der Waals surface area contributed by atoms with Crippen LogP contribution >= 0.6 is 0 Å². The van der Waals surface area contributed by atoms with Crippen LogP contribution in [0.2, 0.25) is 0 Å². The molecule has 3 saturated heterocycles. The van der Waals surface area contributed by atoms with Crippen LogP contribution in [0.4, 0.5) is 0 Å². The Balaban J connectivity index is 1.04. The number of carbonyl (C=O) groups is 1. The number of rotatable bonds is 8. The Morgan fingerprint density at radius 3 is 2.06 bits per heavy atom. The van der Waals surface area contributed by atoms with Crippen molar-refractivity contribution in [2.24, 2.45) is 50.7 Å². The Morgan fingerprint density at radius 1 is 0.719 bits per heavy atom. The third kappa shape index (κ3) is 7.23. The van der Waals surface area contributed by atoms with E-state index in [1.54, 1.807) is 0 Å². The van der Waals surface area contributed by atoms with Gasteiger partial charge < -0.3 is 79.5 Å². The number of fused-ring (bicyclic) bond motifs is 7. The lowest BCUT2D eigenvalue weighted by atomic mass is 9.33. The summed E-state index contributed by atoms with van der Waals surface area (Å²) in [7, 11) is 0. The van der Waals surface area contributed by atoms with Gasteiger partial charge in [0.15, 0.2) is 18.9 Å². The summed E-state index contributed by atoms with van der Waals surface area (Å²) in [6.45, 7) is 15.9. The fraction of sp³-hybridized carbons (Fsp3) is 0.936. The summed E-state index contributed by atoms with van der Waals surface area (Å²) in [5.74, 6) is -0.871. The van der Waals surface area contributed by atoms with E-state index in [1.165, 1.54) is 6.92 Å². The number of aliphatic hydroxyl groups excluding tert-OH is 8. The van der Waals surface area contributed by atoms with Crippen LogP contribution in [0, 0.1) is 50.7 Å². The lowest BCUT2D eigenvalue weighted by Crippen LogP contribution is -2.68. The Labute approximate surface area is 376 Å². The maximum absolute atomic E-state index is 13.2. The van der Waals surface area contributed by atoms with E-state index >= 15 is 0 Å². The molecular formula is C47H76O17. The minimum absolute atomic E-state index is 0.0348. The molecule has 0 amide bonds. The van der Waals surface area contributed by atoms with E-state index < -0.39 is 127 Å². The highest BCUT2D eigenvalue weighted by Crippen LogP contribution is 2.76. The molecule has 0 radical (unpaired) electrons. The van der Waals surface area contributed by atoms with Crippen molar-refractivity contribution < 1.29 is 84.3 Å². The smallest absolute Gasteiger partial charge is 0.310 e. The van der Waals surface area contributed by atoms with E-state index in [0.717, 1.165) is 37.7 Å². The minimum atomic E-state index is -1.80. The van der Waals surface area contributed by atoms with Crippen molar-refractivity contribution in [2.45, 2.75) is 211 Å². The fourth-order valence-electron chi connectivity index (χ4n) is 15.0. The van der Waals surface area contributed by atoms with Gasteiger partial charge in [0.1, 0.15) is 61.0 Å². The van der Waals surface area contributed by atoms with E-state index in [4.69, 9.17) is 28.4 Å². The molecule has 4 saturated carbocycles. The lowest BCUT2D eigenvalue weighted by Gasteiger charge is -2.72. The fourth-order valence-corrected chi connectivity index (χ4v) is 15.0. The number of carboxylic acid groups (broad SMARTS) is 1. The molecule has 0 aromatic heterocycles. The molecule has 8 rings (SSSR count). The average molecular weight is 913 g/mol. The molecule has 10 N–H and O–H groups in total. The lowest BCUT2D eigenvalue weighted by molar-refractivity contribution is -0.392. The van der Waals surface area contributed by atoms with Gasteiger partial charge in [-0.3, -0.25) is 4.79 Å². The highest BCUT2D eigenvalue weighted by Gasteiger charge is 2.71. The normalized spacial score (nSPS) is 56.1. The molecule has 17 heteroatoms. The zero-order chi connectivity index (χ0) is 46.9. The standard InChI is InChI=1S/C47H76O17/c1-21-11-16-47(41(56)57)18-17-44(6)23(37(47)46(21,8)58)9-10-27-43(5)14-13-28(42(3,4)26(43)12-15-45(27,44)7)62-39-35(30(51)24(49)20-59-39)64-40-36(33(54)31(52)25(19-48)61-40)63-38-34(55)32(53)29(50)22(2)60-38/h9,21-22,24-40,48-55,58H,10-20H2,1-8H3,(H,56,57)/t21-,22+,24-,25-,26+,27+,28+,29-,30-,31-,32-,33+,34+,35-,36-,37-,38-,39-,40+,43-,44-,45+,46+,47+/m0/s1. The van der Waals surface area contributed by atoms with Crippen LogP contribution in [0.5, 0.6) is 0 Å². The molecular weight excluding hydrogens is 837 g/mol. The van der Waals surface area contributed by atoms with E-state index in [0.29, 0.717) is 25.7 Å². The molecule has 366 valence electrons. The summed E-state index contributed by atoms with van der Waals surface area (Å²) in [4.78, 5) is 13.2. The molecule has 24 atom stereocenters. The molecule has 0 aromatic carbocycles. The van der Waals surface area contributed by atoms with Crippen molar-refractivity contribution in [3.63, 3.8) is 0 Å². The summed E-state index contributed by atoms with van der Waals surface area (Å²) in [5.41, 5.74) is -2.10. The van der Waals surface area contributed by atoms with Gasteiger partial charge in [-0.2, -0.15) is 0 Å². The van der Waals surface area contributed by atoms with Crippen LogP contribution in [0.3, 0.4) is 0 Å². The first kappa shape index (κ1) is 49.0. The Kier molecular flexibility index (Phi) is 13.0. The number of hydrogen-bond donors (Lipinski definition) is 10. The Hall–Kier alpha value is -1.39. The van der Waals surface area contributed by atoms with Gasteiger partial charge in [-0.1, -0.05) is 53.2 Å². The molecule has 64 heavy (non-hydrogen) atoms. The summed E-state index contributed by atoms with van der Waals surface area (Å²) >= 11 is 0. The highest BCUT2D eigenvalue weighted by molar-refractivity contribution is 5.77. The molecule has 0 bridgehead atoms. The van der Waals surface area contributed by atoms with E-state index in [2.05, 4.69) is 40.7 Å². The third-order valence-electron chi connectivity index (χ3n) is 19.4. The van der Waals surface area contributed by atoms with Gasteiger partial charge in [0.2, 0.25) is 0 Å². The molecule has 8 aliphatic rings. The third-order valence-corrected chi connectivity index (χ3v) is 19.4. The van der Waals surface area contributed by atoms with Crippen LogP contribution in [0.25, 0.3) is 0 Å². The van der Waals surface area contributed by atoms with Crippen molar-refractivity contribution in [2.75, 3.05) is 13.2 Å². The maximum atomic E-state index is 13.2. The van der Waals surface area contributed by atoms with Crippen molar-refractivity contribution in [1.29, 1.82) is 0 Å². The van der Waals surface area contributed by atoms with Crippen LogP contribution in [0.15, 0.2) is 11.6 Å². The predicted octanol–water partition coefficient (Wildman–Crippen LogP) is 1.34. The second-order valence-electron chi connectivity index (χ2n) is 22.7. The van der Waals surface area contributed by atoms with Gasteiger partial charge in [-0.15, -0.1) is 0 Å². The number of ether oxygens (including phenoxy) is 6. The molecule has 5 aliphatic carbocycles. The summed E-state index contributed by atoms with van der Waals surface area (Å²) in [6, 6.07) is 0.